The Bertz CT molecular complexity index is 2870. The van der Waals surface area contributed by atoms with Gasteiger partial charge in [-0.15, -0.1) is 0 Å². The Morgan fingerprint density at radius 1 is 0.286 bits per heavy atom. The van der Waals surface area contributed by atoms with E-state index in [1.165, 1.54) is 77.9 Å². The summed E-state index contributed by atoms with van der Waals surface area (Å²) in [5.41, 5.74) is 21.5. The number of fused-ring (bicyclic) bond motifs is 9. The number of nitrogens with zero attached hydrogens (tertiary/aromatic N) is 1. The Morgan fingerprint density at radius 3 is 1.23 bits per heavy atom. The summed E-state index contributed by atoms with van der Waals surface area (Å²) >= 11 is 0. The van der Waals surface area contributed by atoms with Gasteiger partial charge in [0.1, 0.15) is 0 Å². The molecule has 0 saturated heterocycles. The molecule has 0 amide bonds. The van der Waals surface area contributed by atoms with Gasteiger partial charge in [0.2, 0.25) is 0 Å². The van der Waals surface area contributed by atoms with Crippen molar-refractivity contribution in [2.24, 2.45) is 0 Å². The maximum absolute atomic E-state index is 2.50. The molecular weight excluding hydrogens is 675 g/mol. The second-order valence-electron chi connectivity index (χ2n) is 16.8. The minimum absolute atomic E-state index is 0.0642. The standard InChI is InChI=1S/C55H43N/c1-53(2)47-24-14-11-22-42(47)45-33-38(28-31-48(45)53)56(39-29-32-51-46(34-39)43-23-13-16-26-50(43)54(51,3)36-17-7-5-8-18-36)40-27-30-44-41-21-12-15-25-49(41)55(4,52(44)35-40)37-19-9-6-10-20-37/h5-35H,1-4H3. The van der Waals surface area contributed by atoms with Crippen molar-refractivity contribution < 1.29 is 0 Å². The van der Waals surface area contributed by atoms with Crippen molar-refractivity contribution in [1.29, 1.82) is 0 Å². The number of anilines is 3. The molecule has 1 nitrogen and oxygen atoms in total. The van der Waals surface area contributed by atoms with Crippen LogP contribution >= 0.6 is 0 Å². The monoisotopic (exact) mass is 717 g/mol. The molecule has 0 aliphatic heterocycles. The molecule has 2 unspecified atom stereocenters. The zero-order valence-corrected chi connectivity index (χ0v) is 32.3. The van der Waals surface area contributed by atoms with E-state index in [-0.39, 0.29) is 16.2 Å². The maximum atomic E-state index is 2.50. The van der Waals surface area contributed by atoms with E-state index in [2.05, 4.69) is 221 Å². The Morgan fingerprint density at radius 2 is 0.643 bits per heavy atom. The summed E-state index contributed by atoms with van der Waals surface area (Å²) in [6.45, 7) is 9.53. The summed E-state index contributed by atoms with van der Waals surface area (Å²) in [5.74, 6) is 0. The SMILES string of the molecule is CC1(C)c2ccccc2-c2cc(N(c3ccc4c(c3)-c3ccccc3C4(C)c3ccccc3)c3ccc4c(c3)C(C)(c3ccccc3)c3ccccc3-4)ccc21. The van der Waals surface area contributed by atoms with Gasteiger partial charge in [-0.3, -0.25) is 0 Å². The Labute approximate surface area is 330 Å². The van der Waals surface area contributed by atoms with E-state index in [1.54, 1.807) is 0 Å². The third kappa shape index (κ3) is 4.37. The molecular formula is C55H43N. The zero-order valence-electron chi connectivity index (χ0n) is 32.3. The van der Waals surface area contributed by atoms with Crippen molar-refractivity contribution in [3.05, 3.63) is 233 Å². The highest BCUT2D eigenvalue weighted by Crippen LogP contribution is 2.57. The highest BCUT2D eigenvalue weighted by atomic mass is 15.1. The van der Waals surface area contributed by atoms with E-state index in [1.807, 2.05) is 0 Å². The fourth-order valence-corrected chi connectivity index (χ4v) is 10.7. The smallest absolute Gasteiger partial charge is 0.0468 e. The molecule has 8 aromatic rings. The first-order valence-corrected chi connectivity index (χ1v) is 19.9. The molecule has 0 heterocycles. The number of rotatable bonds is 5. The number of hydrogen-bond acceptors (Lipinski definition) is 1. The lowest BCUT2D eigenvalue weighted by molar-refractivity contribution is 0.660. The van der Waals surface area contributed by atoms with Crippen molar-refractivity contribution in [1.82, 2.24) is 0 Å². The van der Waals surface area contributed by atoms with Gasteiger partial charge in [-0.1, -0.05) is 166 Å². The molecule has 0 fully saturated rings. The van der Waals surface area contributed by atoms with Crippen LogP contribution in [0.1, 0.15) is 72.2 Å². The van der Waals surface area contributed by atoms with Crippen molar-refractivity contribution >= 4 is 17.1 Å². The first-order chi connectivity index (χ1) is 27.3. The van der Waals surface area contributed by atoms with Gasteiger partial charge in [-0.2, -0.15) is 0 Å². The lowest BCUT2D eigenvalue weighted by Crippen LogP contribution is -2.23. The van der Waals surface area contributed by atoms with Gasteiger partial charge < -0.3 is 4.90 Å². The van der Waals surface area contributed by atoms with Crippen LogP contribution in [0.4, 0.5) is 17.1 Å². The van der Waals surface area contributed by atoms with Crippen molar-refractivity contribution in [2.75, 3.05) is 4.90 Å². The second kappa shape index (κ2) is 11.8. The van der Waals surface area contributed by atoms with Crippen LogP contribution in [0.15, 0.2) is 188 Å². The molecule has 0 radical (unpaired) electrons. The third-order valence-corrected chi connectivity index (χ3v) is 13.6. The average molecular weight is 718 g/mol. The van der Waals surface area contributed by atoms with Crippen LogP contribution < -0.4 is 4.90 Å². The molecule has 11 rings (SSSR count). The molecule has 1 heteroatoms. The van der Waals surface area contributed by atoms with Crippen LogP contribution in [0.25, 0.3) is 33.4 Å². The van der Waals surface area contributed by atoms with Gasteiger partial charge in [-0.05, 0) is 128 Å². The predicted octanol–water partition coefficient (Wildman–Crippen LogP) is 14.1. The predicted molar refractivity (Wildman–Crippen MR) is 234 cm³/mol. The normalized spacial score (nSPS) is 19.0. The first-order valence-electron chi connectivity index (χ1n) is 19.9. The van der Waals surface area contributed by atoms with Crippen LogP contribution in [0.5, 0.6) is 0 Å². The van der Waals surface area contributed by atoms with Crippen LogP contribution in [-0.2, 0) is 16.2 Å². The van der Waals surface area contributed by atoms with Gasteiger partial charge in [0.15, 0.2) is 0 Å². The van der Waals surface area contributed by atoms with E-state index in [0.717, 1.165) is 17.1 Å². The molecule has 0 saturated carbocycles. The fraction of sp³-hybridized carbons (Fsp3) is 0.127. The lowest BCUT2D eigenvalue weighted by atomic mass is 9.74. The number of benzene rings is 8. The zero-order chi connectivity index (χ0) is 37.8. The van der Waals surface area contributed by atoms with E-state index in [9.17, 15) is 0 Å². The molecule has 0 N–H and O–H groups in total. The molecule has 3 aliphatic carbocycles. The van der Waals surface area contributed by atoms with Gasteiger partial charge in [0.05, 0.1) is 0 Å². The molecule has 0 spiro atoms. The van der Waals surface area contributed by atoms with E-state index in [0.29, 0.717) is 0 Å². The molecule has 8 aromatic carbocycles. The average Bonchev–Trinajstić information content (AvgIpc) is 3.76. The summed E-state index contributed by atoms with van der Waals surface area (Å²) in [6, 6.07) is 70.5. The quantitative estimate of drug-likeness (QED) is 0.171. The Balaban J connectivity index is 1.15. The highest BCUT2D eigenvalue weighted by molar-refractivity contribution is 5.92. The van der Waals surface area contributed by atoms with Crippen LogP contribution in [0.2, 0.25) is 0 Å². The largest absolute Gasteiger partial charge is 0.310 e. The van der Waals surface area contributed by atoms with Gasteiger partial charge >= 0.3 is 0 Å². The molecule has 3 aliphatic rings. The van der Waals surface area contributed by atoms with Crippen LogP contribution in [0.3, 0.4) is 0 Å². The third-order valence-electron chi connectivity index (χ3n) is 13.6. The van der Waals surface area contributed by atoms with Crippen LogP contribution in [0, 0.1) is 0 Å². The van der Waals surface area contributed by atoms with Gasteiger partial charge in [-0.25, -0.2) is 0 Å². The minimum atomic E-state index is -0.301. The van der Waals surface area contributed by atoms with E-state index >= 15 is 0 Å². The molecule has 0 bridgehead atoms. The summed E-state index contributed by atoms with van der Waals surface area (Å²) in [7, 11) is 0. The summed E-state index contributed by atoms with van der Waals surface area (Å²) in [6.07, 6.45) is 0. The van der Waals surface area contributed by atoms with Gasteiger partial charge in [0.25, 0.3) is 0 Å². The maximum Gasteiger partial charge on any atom is 0.0468 e. The van der Waals surface area contributed by atoms with Crippen molar-refractivity contribution in [2.45, 2.75) is 43.9 Å². The first kappa shape index (κ1) is 32.9. The second-order valence-corrected chi connectivity index (χ2v) is 16.8. The minimum Gasteiger partial charge on any atom is -0.310 e. The van der Waals surface area contributed by atoms with Crippen LogP contribution in [-0.4, -0.2) is 0 Å². The van der Waals surface area contributed by atoms with Crippen molar-refractivity contribution in [3.8, 4) is 33.4 Å². The molecule has 268 valence electrons. The Hall–Kier alpha value is -6.44. The summed E-state index contributed by atoms with van der Waals surface area (Å²) < 4.78 is 0. The molecule has 56 heavy (non-hydrogen) atoms. The topological polar surface area (TPSA) is 3.24 Å². The fourth-order valence-electron chi connectivity index (χ4n) is 10.7. The highest BCUT2D eigenvalue weighted by Gasteiger charge is 2.43. The van der Waals surface area contributed by atoms with E-state index < -0.39 is 0 Å². The molecule has 0 aromatic heterocycles. The number of hydrogen-bond donors (Lipinski definition) is 0. The Kier molecular flexibility index (Phi) is 6.93. The molecule has 2 atom stereocenters. The van der Waals surface area contributed by atoms with Gasteiger partial charge in [0, 0.05) is 33.3 Å². The lowest BCUT2D eigenvalue weighted by Gasteiger charge is -2.32. The van der Waals surface area contributed by atoms with E-state index in [4.69, 9.17) is 0 Å². The summed E-state index contributed by atoms with van der Waals surface area (Å²) in [4.78, 5) is 2.50. The summed E-state index contributed by atoms with van der Waals surface area (Å²) in [5, 5.41) is 0. The van der Waals surface area contributed by atoms with Crippen molar-refractivity contribution in [3.63, 3.8) is 0 Å².